The first-order valence-corrected chi connectivity index (χ1v) is 12.4. The number of hydrogen-bond donors (Lipinski definition) is 1. The third-order valence-corrected chi connectivity index (χ3v) is 7.25. The van der Waals surface area contributed by atoms with Crippen molar-refractivity contribution in [1.29, 1.82) is 0 Å². The SMILES string of the molecule is CCCOc1ccc(C2C(C(=O)c3sc(C)nc3C)=C(O)C(=O)N2CCN2CCCC2)cc1. The molecule has 2 aliphatic rings. The number of amides is 1. The quantitative estimate of drug-likeness (QED) is 0.554. The smallest absolute Gasteiger partial charge is 0.290 e. The van der Waals surface area contributed by atoms with Crippen LogP contribution in [0.4, 0.5) is 0 Å². The average Bonchev–Trinajstić information content (AvgIpc) is 3.50. The topological polar surface area (TPSA) is 83.0 Å². The summed E-state index contributed by atoms with van der Waals surface area (Å²) in [6, 6.07) is 6.82. The van der Waals surface area contributed by atoms with Crippen LogP contribution >= 0.6 is 11.3 Å². The first-order chi connectivity index (χ1) is 15.9. The van der Waals surface area contributed by atoms with Gasteiger partial charge in [0, 0.05) is 13.1 Å². The van der Waals surface area contributed by atoms with Crippen LogP contribution in [0.2, 0.25) is 0 Å². The molecule has 2 aromatic rings. The zero-order chi connectivity index (χ0) is 23.5. The molecule has 2 aliphatic heterocycles. The lowest BCUT2D eigenvalue weighted by molar-refractivity contribution is -0.129. The summed E-state index contributed by atoms with van der Waals surface area (Å²) in [5.74, 6) is -0.539. The Kier molecular flexibility index (Phi) is 7.14. The van der Waals surface area contributed by atoms with E-state index in [1.807, 2.05) is 38.1 Å². The molecule has 7 nitrogen and oxygen atoms in total. The van der Waals surface area contributed by atoms with Crippen molar-refractivity contribution in [2.45, 2.75) is 46.1 Å². The minimum absolute atomic E-state index is 0.135. The van der Waals surface area contributed by atoms with Gasteiger partial charge < -0.3 is 19.6 Å². The largest absolute Gasteiger partial charge is 0.503 e. The second-order valence-electron chi connectivity index (χ2n) is 8.61. The van der Waals surface area contributed by atoms with Crippen LogP contribution in [0.3, 0.4) is 0 Å². The number of aryl methyl sites for hydroxylation is 2. The lowest BCUT2D eigenvalue weighted by Gasteiger charge is -2.28. The van der Waals surface area contributed by atoms with E-state index in [0.717, 1.165) is 48.7 Å². The number of ketones is 1. The predicted octanol–water partition coefficient (Wildman–Crippen LogP) is 4.22. The number of ether oxygens (including phenoxy) is 1. The van der Waals surface area contributed by atoms with Crippen LogP contribution in [-0.4, -0.2) is 64.4 Å². The summed E-state index contributed by atoms with van der Waals surface area (Å²) >= 11 is 1.29. The Morgan fingerprint density at radius 3 is 2.48 bits per heavy atom. The van der Waals surface area contributed by atoms with Crippen molar-refractivity contribution < 1.29 is 19.4 Å². The molecular formula is C25H31N3O4S. The van der Waals surface area contributed by atoms with Gasteiger partial charge in [-0.3, -0.25) is 9.59 Å². The Balaban J connectivity index is 1.68. The highest BCUT2D eigenvalue weighted by Gasteiger charge is 2.44. The fraction of sp³-hybridized carbons (Fsp3) is 0.480. The van der Waals surface area contributed by atoms with Gasteiger partial charge in [0.2, 0.25) is 5.78 Å². The lowest BCUT2D eigenvalue weighted by atomic mass is 9.95. The molecule has 1 fully saturated rings. The fourth-order valence-corrected chi connectivity index (χ4v) is 5.42. The standard InChI is InChI=1S/C25H31N3O4S/c1-4-15-32-19-9-7-18(8-10-19)21-20(22(29)24-16(2)26-17(3)33-24)23(30)25(31)28(21)14-13-27-11-5-6-12-27/h7-10,21,30H,4-6,11-15H2,1-3H3. The summed E-state index contributed by atoms with van der Waals surface area (Å²) in [4.78, 5) is 35.5. The first kappa shape index (κ1) is 23.4. The third kappa shape index (κ3) is 4.82. The maximum Gasteiger partial charge on any atom is 0.290 e. The second kappa shape index (κ2) is 10.1. The minimum atomic E-state index is -0.644. The van der Waals surface area contributed by atoms with Crippen molar-refractivity contribution in [3.05, 3.63) is 56.7 Å². The summed E-state index contributed by atoms with van der Waals surface area (Å²) in [6.45, 7) is 9.49. The van der Waals surface area contributed by atoms with Crippen molar-refractivity contribution in [2.24, 2.45) is 0 Å². The molecule has 0 saturated carbocycles. The van der Waals surface area contributed by atoms with Gasteiger partial charge in [-0.2, -0.15) is 0 Å². The molecule has 0 radical (unpaired) electrons. The normalized spacial score (nSPS) is 19.1. The Labute approximate surface area is 198 Å². The van der Waals surface area contributed by atoms with E-state index in [4.69, 9.17) is 4.74 Å². The molecular weight excluding hydrogens is 438 g/mol. The van der Waals surface area contributed by atoms with Crippen LogP contribution < -0.4 is 4.74 Å². The van der Waals surface area contributed by atoms with Crippen LogP contribution in [0.15, 0.2) is 35.6 Å². The molecule has 3 heterocycles. The number of hydrogen-bond acceptors (Lipinski definition) is 7. The highest BCUT2D eigenvalue weighted by molar-refractivity contribution is 7.14. The maximum atomic E-state index is 13.6. The van der Waals surface area contributed by atoms with Crippen molar-refractivity contribution in [1.82, 2.24) is 14.8 Å². The zero-order valence-corrected chi connectivity index (χ0v) is 20.3. The summed E-state index contributed by atoms with van der Waals surface area (Å²) in [7, 11) is 0. The molecule has 0 bridgehead atoms. The molecule has 176 valence electrons. The highest BCUT2D eigenvalue weighted by Crippen LogP contribution is 2.40. The van der Waals surface area contributed by atoms with E-state index >= 15 is 0 Å². The van der Waals surface area contributed by atoms with Crippen molar-refractivity contribution in [2.75, 3.05) is 32.8 Å². The minimum Gasteiger partial charge on any atom is -0.503 e. The number of benzene rings is 1. The number of aromatic nitrogens is 1. The first-order valence-electron chi connectivity index (χ1n) is 11.6. The molecule has 1 N–H and O–H groups in total. The van der Waals surface area contributed by atoms with Gasteiger partial charge in [-0.25, -0.2) is 4.98 Å². The van der Waals surface area contributed by atoms with Crippen LogP contribution in [-0.2, 0) is 4.79 Å². The molecule has 0 spiro atoms. The number of thiazole rings is 1. The van der Waals surface area contributed by atoms with Gasteiger partial charge >= 0.3 is 0 Å². The van der Waals surface area contributed by atoms with Gasteiger partial charge in [-0.15, -0.1) is 11.3 Å². The number of rotatable bonds is 9. The average molecular weight is 470 g/mol. The molecule has 1 aromatic carbocycles. The van der Waals surface area contributed by atoms with Gasteiger partial charge in [-0.05, 0) is 63.9 Å². The number of likely N-dealkylation sites (tertiary alicyclic amines) is 1. The van der Waals surface area contributed by atoms with E-state index in [9.17, 15) is 14.7 Å². The molecule has 1 unspecified atom stereocenters. The van der Waals surface area contributed by atoms with E-state index in [-0.39, 0.29) is 11.4 Å². The maximum absolute atomic E-state index is 13.6. The summed E-state index contributed by atoms with van der Waals surface area (Å²) in [5.41, 5.74) is 1.53. The second-order valence-corrected chi connectivity index (χ2v) is 9.81. The molecule has 0 aliphatic carbocycles. The Hall–Kier alpha value is -2.71. The summed E-state index contributed by atoms with van der Waals surface area (Å²) in [6.07, 6.45) is 3.23. The number of carbonyl (C=O) groups excluding carboxylic acids is 2. The number of nitrogens with zero attached hydrogens (tertiary/aromatic N) is 3. The van der Waals surface area contributed by atoms with Crippen molar-refractivity contribution >= 4 is 23.0 Å². The molecule has 1 aromatic heterocycles. The van der Waals surface area contributed by atoms with E-state index in [1.54, 1.807) is 11.8 Å². The van der Waals surface area contributed by atoms with Crippen molar-refractivity contribution in [3.8, 4) is 5.75 Å². The monoisotopic (exact) mass is 469 g/mol. The van der Waals surface area contributed by atoms with Gasteiger partial charge in [-0.1, -0.05) is 19.1 Å². The summed E-state index contributed by atoms with van der Waals surface area (Å²) < 4.78 is 5.70. The van der Waals surface area contributed by atoms with Gasteiger partial charge in [0.25, 0.3) is 5.91 Å². The van der Waals surface area contributed by atoms with E-state index in [2.05, 4.69) is 9.88 Å². The Morgan fingerprint density at radius 1 is 1.18 bits per heavy atom. The van der Waals surface area contributed by atoms with Gasteiger partial charge in [0.15, 0.2) is 5.76 Å². The van der Waals surface area contributed by atoms with Crippen molar-refractivity contribution in [3.63, 3.8) is 0 Å². The third-order valence-electron chi connectivity index (χ3n) is 6.18. The molecule has 8 heteroatoms. The van der Waals surface area contributed by atoms with E-state index < -0.39 is 17.7 Å². The van der Waals surface area contributed by atoms with E-state index in [1.165, 1.54) is 11.3 Å². The van der Waals surface area contributed by atoms with Gasteiger partial charge in [0.05, 0.1) is 33.8 Å². The Morgan fingerprint density at radius 2 is 1.88 bits per heavy atom. The zero-order valence-electron chi connectivity index (χ0n) is 19.5. The van der Waals surface area contributed by atoms with Crippen LogP contribution in [0.25, 0.3) is 0 Å². The predicted molar refractivity (Wildman–Crippen MR) is 128 cm³/mol. The Bertz CT molecular complexity index is 1050. The van der Waals surface area contributed by atoms with E-state index in [0.29, 0.717) is 30.3 Å². The van der Waals surface area contributed by atoms with Crippen LogP contribution in [0.5, 0.6) is 5.75 Å². The number of aliphatic hydroxyl groups excluding tert-OH is 1. The lowest BCUT2D eigenvalue weighted by Crippen LogP contribution is -2.37. The molecule has 4 rings (SSSR count). The molecule has 1 atom stereocenters. The molecule has 1 amide bonds. The number of Topliss-reactive ketones (excluding diaryl/α,β-unsaturated/α-hetero) is 1. The number of aliphatic hydroxyl groups is 1. The number of carbonyl (C=O) groups is 2. The molecule has 1 saturated heterocycles. The van der Waals surface area contributed by atoms with Crippen LogP contribution in [0.1, 0.15) is 58.2 Å². The molecule has 33 heavy (non-hydrogen) atoms. The van der Waals surface area contributed by atoms with Crippen LogP contribution in [0, 0.1) is 13.8 Å². The highest BCUT2D eigenvalue weighted by atomic mass is 32.1. The van der Waals surface area contributed by atoms with Gasteiger partial charge in [0.1, 0.15) is 5.75 Å². The summed E-state index contributed by atoms with van der Waals surface area (Å²) in [5, 5.41) is 11.6. The fourth-order valence-electron chi connectivity index (χ4n) is 4.55.